The van der Waals surface area contributed by atoms with Crippen LogP contribution in [0.4, 0.5) is 0 Å². The number of benzene rings is 1. The molecule has 1 N–H and O–H groups in total. The maximum Gasteiger partial charge on any atom is 0.355 e. The van der Waals surface area contributed by atoms with E-state index >= 15 is 0 Å². The van der Waals surface area contributed by atoms with E-state index in [-0.39, 0.29) is 30.2 Å². The standard InChI is InChI=1S/C19H22Br2N2O6S/c1-5-29-19(25)17-13(16(20)18(21)23(17)3)10-22-30(26,27)14-7-6-11(2)8-12(14)9-15(24)28-4/h6-8,22H,5,9-10H2,1-4H3. The first-order chi connectivity index (χ1) is 14.0. The Labute approximate surface area is 192 Å². The molecule has 11 heteroatoms. The van der Waals surface area contributed by atoms with Gasteiger partial charge in [0.05, 0.1) is 34.1 Å². The highest BCUT2D eigenvalue weighted by Gasteiger charge is 2.27. The largest absolute Gasteiger partial charge is 0.469 e. The van der Waals surface area contributed by atoms with Gasteiger partial charge in [0.2, 0.25) is 10.0 Å². The van der Waals surface area contributed by atoms with Crippen LogP contribution in [0.25, 0.3) is 0 Å². The van der Waals surface area contributed by atoms with Gasteiger partial charge in [-0.05, 0) is 57.3 Å². The van der Waals surface area contributed by atoms with Crippen molar-refractivity contribution in [2.24, 2.45) is 7.05 Å². The fraction of sp³-hybridized carbons (Fsp3) is 0.368. The summed E-state index contributed by atoms with van der Waals surface area (Å²) in [5.41, 5.74) is 1.78. The van der Waals surface area contributed by atoms with Crippen LogP contribution in [-0.4, -0.2) is 38.6 Å². The number of ether oxygens (including phenoxy) is 2. The summed E-state index contributed by atoms with van der Waals surface area (Å²) in [6, 6.07) is 4.72. The minimum atomic E-state index is -3.99. The second-order valence-electron chi connectivity index (χ2n) is 6.40. The monoisotopic (exact) mass is 564 g/mol. The van der Waals surface area contributed by atoms with Crippen molar-refractivity contribution in [2.75, 3.05) is 13.7 Å². The number of sulfonamides is 1. The van der Waals surface area contributed by atoms with Crippen LogP contribution in [-0.2, 0) is 44.3 Å². The van der Waals surface area contributed by atoms with Gasteiger partial charge in [0.25, 0.3) is 0 Å². The van der Waals surface area contributed by atoms with Crippen LogP contribution in [0, 0.1) is 6.92 Å². The van der Waals surface area contributed by atoms with Gasteiger partial charge >= 0.3 is 11.9 Å². The normalized spacial score (nSPS) is 11.4. The molecule has 0 saturated heterocycles. The first-order valence-corrected chi connectivity index (χ1v) is 12.0. The van der Waals surface area contributed by atoms with Gasteiger partial charge < -0.3 is 14.0 Å². The summed E-state index contributed by atoms with van der Waals surface area (Å²) in [7, 11) is -1.09. The molecule has 0 aliphatic rings. The molecule has 0 amide bonds. The number of nitrogens with zero attached hydrogens (tertiary/aromatic N) is 1. The fourth-order valence-electron chi connectivity index (χ4n) is 2.88. The number of methoxy groups -OCH3 is 1. The van der Waals surface area contributed by atoms with Crippen LogP contribution in [0.2, 0.25) is 0 Å². The number of hydrogen-bond acceptors (Lipinski definition) is 6. The Balaban J connectivity index is 2.40. The van der Waals surface area contributed by atoms with Crippen molar-refractivity contribution in [3.63, 3.8) is 0 Å². The molecule has 0 fully saturated rings. The average molecular weight is 566 g/mol. The molecule has 1 aromatic heterocycles. The van der Waals surface area contributed by atoms with Crippen molar-refractivity contribution >= 4 is 53.8 Å². The quantitative estimate of drug-likeness (QED) is 0.493. The Morgan fingerprint density at radius 3 is 2.50 bits per heavy atom. The van der Waals surface area contributed by atoms with Gasteiger partial charge in [0.1, 0.15) is 5.69 Å². The minimum absolute atomic E-state index is 0.0256. The molecule has 0 aliphatic heterocycles. The Kier molecular flexibility index (Phi) is 8.26. The highest BCUT2D eigenvalue weighted by atomic mass is 79.9. The average Bonchev–Trinajstić information content (AvgIpc) is 2.90. The lowest BCUT2D eigenvalue weighted by Crippen LogP contribution is -2.26. The number of hydrogen-bond donors (Lipinski definition) is 1. The molecule has 0 saturated carbocycles. The number of halogens is 2. The fourth-order valence-corrected chi connectivity index (χ4v) is 5.10. The molecule has 164 valence electrons. The first kappa shape index (κ1) is 24.6. The van der Waals surface area contributed by atoms with Crippen molar-refractivity contribution in [2.45, 2.75) is 31.7 Å². The van der Waals surface area contributed by atoms with E-state index in [1.807, 2.05) is 0 Å². The van der Waals surface area contributed by atoms with Gasteiger partial charge in [-0.1, -0.05) is 17.7 Å². The summed E-state index contributed by atoms with van der Waals surface area (Å²) in [6.45, 7) is 3.51. The zero-order chi connectivity index (χ0) is 22.6. The summed E-state index contributed by atoms with van der Waals surface area (Å²) in [6.07, 6.45) is -0.178. The lowest BCUT2D eigenvalue weighted by molar-refractivity contribution is -0.139. The van der Waals surface area contributed by atoms with Gasteiger partial charge in [-0.2, -0.15) is 0 Å². The zero-order valence-electron chi connectivity index (χ0n) is 16.9. The Morgan fingerprint density at radius 1 is 1.23 bits per heavy atom. The molecule has 2 aromatic rings. The number of carbonyl (C=O) groups excluding carboxylic acids is 2. The second kappa shape index (κ2) is 10.1. The van der Waals surface area contributed by atoms with Gasteiger partial charge in [-0.25, -0.2) is 17.9 Å². The van der Waals surface area contributed by atoms with Crippen molar-refractivity contribution in [3.05, 3.63) is 49.7 Å². The van der Waals surface area contributed by atoms with Crippen LogP contribution in [0.15, 0.2) is 32.2 Å². The van der Waals surface area contributed by atoms with Crippen molar-refractivity contribution in [1.29, 1.82) is 0 Å². The highest BCUT2D eigenvalue weighted by Crippen LogP contribution is 2.33. The molecular formula is C19H22Br2N2O6S. The van der Waals surface area contributed by atoms with E-state index in [4.69, 9.17) is 4.74 Å². The van der Waals surface area contributed by atoms with Crippen LogP contribution < -0.4 is 4.72 Å². The number of aromatic nitrogens is 1. The third-order valence-electron chi connectivity index (χ3n) is 4.34. The topological polar surface area (TPSA) is 104 Å². The smallest absolute Gasteiger partial charge is 0.355 e. The van der Waals surface area contributed by atoms with Gasteiger partial charge in [-0.15, -0.1) is 0 Å². The molecule has 0 spiro atoms. The summed E-state index contributed by atoms with van der Waals surface area (Å²) >= 11 is 6.76. The SMILES string of the molecule is CCOC(=O)c1c(CNS(=O)(=O)c2ccc(C)cc2CC(=O)OC)c(Br)c(Br)n1C. The molecule has 0 atom stereocenters. The molecule has 0 unspecified atom stereocenters. The third-order valence-corrected chi connectivity index (χ3v) is 8.15. The van der Waals surface area contributed by atoms with Crippen molar-refractivity contribution in [1.82, 2.24) is 9.29 Å². The summed E-state index contributed by atoms with van der Waals surface area (Å²) in [4.78, 5) is 24.1. The Hall–Kier alpha value is -1.69. The molecule has 0 aliphatic carbocycles. The first-order valence-electron chi connectivity index (χ1n) is 8.89. The van der Waals surface area contributed by atoms with Gasteiger partial charge in [0.15, 0.2) is 0 Å². The molecule has 0 bridgehead atoms. The van der Waals surface area contributed by atoms with Crippen LogP contribution >= 0.6 is 31.9 Å². The number of esters is 2. The molecule has 2 rings (SSSR count). The summed E-state index contributed by atoms with van der Waals surface area (Å²) < 4.78 is 41.0. The predicted molar refractivity (Wildman–Crippen MR) is 118 cm³/mol. The third kappa shape index (κ3) is 5.32. The van der Waals surface area contributed by atoms with E-state index in [2.05, 4.69) is 41.3 Å². The summed E-state index contributed by atoms with van der Waals surface area (Å²) in [5, 5.41) is 0. The Bertz CT molecular complexity index is 1080. The maximum absolute atomic E-state index is 13.0. The number of rotatable bonds is 8. The molecule has 0 radical (unpaired) electrons. The molecular weight excluding hydrogens is 544 g/mol. The van der Waals surface area contributed by atoms with E-state index in [0.717, 1.165) is 5.56 Å². The van der Waals surface area contributed by atoms with E-state index < -0.39 is 22.0 Å². The van der Waals surface area contributed by atoms with Gasteiger partial charge in [0, 0.05) is 19.2 Å². The predicted octanol–water partition coefficient (Wildman–Crippen LogP) is 3.23. The van der Waals surface area contributed by atoms with Gasteiger partial charge in [-0.3, -0.25) is 4.79 Å². The summed E-state index contributed by atoms with van der Waals surface area (Å²) in [5.74, 6) is -1.11. The van der Waals surface area contributed by atoms with E-state index in [1.54, 1.807) is 37.6 Å². The highest BCUT2D eigenvalue weighted by molar-refractivity contribution is 9.13. The molecule has 1 aromatic carbocycles. The van der Waals surface area contributed by atoms with Crippen LogP contribution in [0.1, 0.15) is 34.1 Å². The number of carbonyl (C=O) groups is 2. The van der Waals surface area contributed by atoms with Crippen LogP contribution in [0.5, 0.6) is 0 Å². The maximum atomic E-state index is 13.0. The lowest BCUT2D eigenvalue weighted by atomic mass is 10.1. The van der Waals surface area contributed by atoms with E-state index in [1.165, 1.54) is 13.2 Å². The second-order valence-corrected chi connectivity index (χ2v) is 9.68. The Morgan fingerprint density at radius 2 is 1.90 bits per heavy atom. The number of aryl methyl sites for hydroxylation is 1. The molecule has 30 heavy (non-hydrogen) atoms. The van der Waals surface area contributed by atoms with E-state index in [9.17, 15) is 18.0 Å². The minimum Gasteiger partial charge on any atom is -0.469 e. The zero-order valence-corrected chi connectivity index (χ0v) is 20.9. The molecule has 8 nitrogen and oxygen atoms in total. The van der Waals surface area contributed by atoms with Crippen molar-refractivity contribution in [3.8, 4) is 0 Å². The number of nitrogens with one attached hydrogen (secondary N) is 1. The van der Waals surface area contributed by atoms with Crippen molar-refractivity contribution < 1.29 is 27.5 Å². The molecule has 1 heterocycles. The van der Waals surface area contributed by atoms with Crippen LogP contribution in [0.3, 0.4) is 0 Å². The lowest BCUT2D eigenvalue weighted by Gasteiger charge is -2.13. The van der Waals surface area contributed by atoms with E-state index in [0.29, 0.717) is 20.2 Å².